The lowest BCUT2D eigenvalue weighted by Gasteiger charge is -2.42. The molecule has 2 aliphatic heterocycles. The molecule has 0 aliphatic carbocycles. The number of para-hydroxylation sites is 1. The molecule has 0 saturated carbocycles. The summed E-state index contributed by atoms with van der Waals surface area (Å²) in [6.07, 6.45) is 1.63. The van der Waals surface area contributed by atoms with Crippen molar-refractivity contribution in [1.29, 1.82) is 0 Å². The summed E-state index contributed by atoms with van der Waals surface area (Å²) in [5.74, 6) is 0.479. The molecule has 28 heavy (non-hydrogen) atoms. The van der Waals surface area contributed by atoms with Gasteiger partial charge in [-0.05, 0) is 51.3 Å². The summed E-state index contributed by atoms with van der Waals surface area (Å²) in [5.41, 5.74) is 3.04. The number of nitrogens with one attached hydrogen (secondary N) is 1. The SMILES string of the molecule is Cc1nn(CC(=O)N2CCCC3(CNC(=O)c4ccccc4O3)C2)c(C)c1C. The fourth-order valence-corrected chi connectivity index (χ4v) is 4.06. The van der Waals surface area contributed by atoms with Crippen LogP contribution >= 0.6 is 0 Å². The number of carbonyl (C=O) groups is 2. The van der Waals surface area contributed by atoms with Crippen LogP contribution in [0.4, 0.5) is 0 Å². The van der Waals surface area contributed by atoms with E-state index in [1.54, 1.807) is 10.7 Å². The van der Waals surface area contributed by atoms with Gasteiger partial charge in [-0.2, -0.15) is 5.10 Å². The quantitative estimate of drug-likeness (QED) is 0.862. The maximum atomic E-state index is 13.0. The first-order chi connectivity index (χ1) is 13.4. The molecular formula is C21H26N4O3. The van der Waals surface area contributed by atoms with Gasteiger partial charge in [0.15, 0.2) is 0 Å². The topological polar surface area (TPSA) is 76.5 Å². The van der Waals surface area contributed by atoms with Crippen LogP contribution in [0.1, 0.15) is 40.2 Å². The van der Waals surface area contributed by atoms with Gasteiger partial charge in [-0.15, -0.1) is 0 Å². The first kappa shape index (κ1) is 18.5. The van der Waals surface area contributed by atoms with Crippen molar-refractivity contribution in [1.82, 2.24) is 20.0 Å². The number of hydrogen-bond donors (Lipinski definition) is 1. The van der Waals surface area contributed by atoms with Crippen LogP contribution in [0, 0.1) is 20.8 Å². The zero-order chi connectivity index (χ0) is 19.9. The summed E-state index contributed by atoms with van der Waals surface area (Å²) in [6.45, 7) is 7.73. The van der Waals surface area contributed by atoms with Crippen LogP contribution in [-0.2, 0) is 11.3 Å². The Kier molecular flexibility index (Phi) is 4.61. The van der Waals surface area contributed by atoms with E-state index in [-0.39, 0.29) is 18.4 Å². The Balaban J connectivity index is 1.53. The fraction of sp³-hybridized carbons (Fsp3) is 0.476. The van der Waals surface area contributed by atoms with Gasteiger partial charge in [0.05, 0.1) is 24.3 Å². The van der Waals surface area contributed by atoms with E-state index < -0.39 is 5.60 Å². The molecule has 148 valence electrons. The number of amides is 2. The number of rotatable bonds is 2. The van der Waals surface area contributed by atoms with Crippen LogP contribution < -0.4 is 10.1 Å². The number of aromatic nitrogens is 2. The zero-order valence-electron chi connectivity index (χ0n) is 16.6. The van der Waals surface area contributed by atoms with Crippen molar-refractivity contribution in [3.63, 3.8) is 0 Å². The minimum absolute atomic E-state index is 0.0251. The number of fused-ring (bicyclic) bond motifs is 1. The standard InChI is InChI=1S/C21H26N4O3/c1-14-15(2)23-25(16(14)3)11-19(26)24-10-6-9-21(13-24)12-22-20(27)17-7-4-5-8-18(17)28-21/h4-5,7-8H,6,9-13H2,1-3H3,(H,22,27). The largest absolute Gasteiger partial charge is 0.483 e. The smallest absolute Gasteiger partial charge is 0.255 e. The Labute approximate surface area is 164 Å². The lowest BCUT2D eigenvalue weighted by atomic mass is 9.92. The van der Waals surface area contributed by atoms with Gasteiger partial charge in [0.25, 0.3) is 5.91 Å². The van der Waals surface area contributed by atoms with Gasteiger partial charge >= 0.3 is 0 Å². The van der Waals surface area contributed by atoms with Gasteiger partial charge < -0.3 is 15.0 Å². The van der Waals surface area contributed by atoms with E-state index in [1.165, 1.54) is 0 Å². The average Bonchev–Trinajstić information content (AvgIpc) is 2.85. The van der Waals surface area contributed by atoms with E-state index in [0.717, 1.165) is 29.8 Å². The predicted octanol–water partition coefficient (Wildman–Crippen LogP) is 1.99. The molecule has 1 atom stereocenters. The van der Waals surface area contributed by atoms with Crippen molar-refractivity contribution < 1.29 is 14.3 Å². The molecule has 1 spiro atoms. The highest BCUT2D eigenvalue weighted by Crippen LogP contribution is 2.32. The minimum Gasteiger partial charge on any atom is -0.483 e. The highest BCUT2D eigenvalue weighted by molar-refractivity contribution is 5.97. The second-order valence-electron chi connectivity index (χ2n) is 7.84. The molecule has 2 aromatic rings. The molecule has 0 bridgehead atoms. The highest BCUT2D eigenvalue weighted by atomic mass is 16.5. The average molecular weight is 382 g/mol. The Hall–Kier alpha value is -2.83. The van der Waals surface area contributed by atoms with Crippen molar-refractivity contribution in [2.75, 3.05) is 19.6 Å². The number of likely N-dealkylation sites (tertiary alicyclic amines) is 1. The van der Waals surface area contributed by atoms with E-state index in [1.807, 2.05) is 43.9 Å². The van der Waals surface area contributed by atoms with Gasteiger partial charge in [-0.25, -0.2) is 0 Å². The molecule has 4 rings (SSSR count). The molecule has 1 N–H and O–H groups in total. The third-order valence-electron chi connectivity index (χ3n) is 5.95. The van der Waals surface area contributed by atoms with Crippen LogP contribution in [-0.4, -0.2) is 51.7 Å². The van der Waals surface area contributed by atoms with Gasteiger partial charge in [0, 0.05) is 12.2 Å². The van der Waals surface area contributed by atoms with Crippen molar-refractivity contribution in [2.45, 2.75) is 45.8 Å². The van der Waals surface area contributed by atoms with E-state index in [2.05, 4.69) is 10.4 Å². The molecule has 1 fully saturated rings. The maximum absolute atomic E-state index is 13.0. The summed E-state index contributed by atoms with van der Waals surface area (Å²) in [7, 11) is 0. The third-order valence-corrected chi connectivity index (χ3v) is 5.95. The molecule has 2 aliphatic rings. The summed E-state index contributed by atoms with van der Waals surface area (Å²) in [4.78, 5) is 27.2. The maximum Gasteiger partial charge on any atom is 0.255 e. The van der Waals surface area contributed by atoms with Crippen molar-refractivity contribution in [2.24, 2.45) is 0 Å². The molecule has 1 aromatic heterocycles. The molecule has 7 nitrogen and oxygen atoms in total. The van der Waals surface area contributed by atoms with Crippen molar-refractivity contribution in [3.8, 4) is 5.75 Å². The van der Waals surface area contributed by atoms with Crippen LogP contribution in [0.3, 0.4) is 0 Å². The normalized spacial score (nSPS) is 21.7. The number of benzene rings is 1. The molecule has 1 saturated heterocycles. The Bertz CT molecular complexity index is 936. The Morgan fingerprint density at radius 1 is 1.29 bits per heavy atom. The zero-order valence-corrected chi connectivity index (χ0v) is 16.6. The number of ether oxygens (including phenoxy) is 1. The summed E-state index contributed by atoms with van der Waals surface area (Å²) >= 11 is 0. The first-order valence-electron chi connectivity index (χ1n) is 9.73. The molecular weight excluding hydrogens is 356 g/mol. The number of carbonyl (C=O) groups excluding carboxylic acids is 2. The van der Waals surface area contributed by atoms with Gasteiger partial charge in [0.1, 0.15) is 17.9 Å². The van der Waals surface area contributed by atoms with Crippen LogP contribution in [0.15, 0.2) is 24.3 Å². The molecule has 0 radical (unpaired) electrons. The monoisotopic (exact) mass is 382 g/mol. The van der Waals surface area contributed by atoms with Gasteiger partial charge in [0.2, 0.25) is 5.91 Å². The van der Waals surface area contributed by atoms with Crippen molar-refractivity contribution in [3.05, 3.63) is 46.8 Å². The molecule has 3 heterocycles. The molecule has 1 aromatic carbocycles. The number of piperidine rings is 1. The number of hydrogen-bond acceptors (Lipinski definition) is 4. The van der Waals surface area contributed by atoms with Crippen LogP contribution in [0.25, 0.3) is 0 Å². The van der Waals surface area contributed by atoms with E-state index in [0.29, 0.717) is 30.9 Å². The molecule has 2 amide bonds. The highest BCUT2D eigenvalue weighted by Gasteiger charge is 2.42. The summed E-state index contributed by atoms with van der Waals surface area (Å²) in [6, 6.07) is 7.27. The van der Waals surface area contributed by atoms with E-state index in [4.69, 9.17) is 4.74 Å². The van der Waals surface area contributed by atoms with Gasteiger partial charge in [-0.1, -0.05) is 12.1 Å². The first-order valence-corrected chi connectivity index (χ1v) is 9.73. The van der Waals surface area contributed by atoms with Crippen LogP contribution in [0.2, 0.25) is 0 Å². The van der Waals surface area contributed by atoms with Gasteiger partial charge in [-0.3, -0.25) is 14.3 Å². The summed E-state index contributed by atoms with van der Waals surface area (Å²) < 4.78 is 8.11. The van der Waals surface area contributed by atoms with E-state index >= 15 is 0 Å². The number of nitrogens with zero attached hydrogens (tertiary/aromatic N) is 3. The summed E-state index contributed by atoms with van der Waals surface area (Å²) in [5, 5.41) is 7.46. The van der Waals surface area contributed by atoms with E-state index in [9.17, 15) is 9.59 Å². The molecule has 7 heteroatoms. The second kappa shape index (κ2) is 6.96. The Morgan fingerprint density at radius 2 is 2.07 bits per heavy atom. The second-order valence-corrected chi connectivity index (χ2v) is 7.84. The third kappa shape index (κ3) is 3.25. The minimum atomic E-state index is -0.596. The number of aryl methyl sites for hydroxylation is 1. The van der Waals surface area contributed by atoms with Crippen LogP contribution in [0.5, 0.6) is 5.75 Å². The molecule has 1 unspecified atom stereocenters. The Morgan fingerprint density at radius 3 is 2.82 bits per heavy atom. The fourth-order valence-electron chi connectivity index (χ4n) is 4.06. The lowest BCUT2D eigenvalue weighted by molar-refractivity contribution is -0.137. The predicted molar refractivity (Wildman–Crippen MR) is 104 cm³/mol. The lowest BCUT2D eigenvalue weighted by Crippen LogP contribution is -2.58. The van der Waals surface area contributed by atoms with Crippen molar-refractivity contribution >= 4 is 11.8 Å².